The normalized spacial score (nSPS) is 11.8. The van der Waals surface area contributed by atoms with E-state index in [0.717, 1.165) is 17.7 Å². The van der Waals surface area contributed by atoms with Gasteiger partial charge in [0.1, 0.15) is 11.5 Å². The molecule has 0 radical (unpaired) electrons. The van der Waals surface area contributed by atoms with Crippen molar-refractivity contribution in [2.75, 3.05) is 7.11 Å². The van der Waals surface area contributed by atoms with Gasteiger partial charge >= 0.3 is 0 Å². The fourth-order valence-corrected chi connectivity index (χ4v) is 2.89. The number of benzene rings is 2. The molecule has 1 aromatic heterocycles. The van der Waals surface area contributed by atoms with E-state index >= 15 is 0 Å². The van der Waals surface area contributed by atoms with E-state index in [0.29, 0.717) is 11.3 Å². The third-order valence-electron chi connectivity index (χ3n) is 4.49. The Balaban J connectivity index is 1.62. The molecule has 0 fully saturated rings. The van der Waals surface area contributed by atoms with Crippen LogP contribution in [0.25, 0.3) is 6.08 Å². The van der Waals surface area contributed by atoms with Gasteiger partial charge in [-0.1, -0.05) is 25.1 Å². The van der Waals surface area contributed by atoms with Crippen LogP contribution in [0.1, 0.15) is 30.5 Å². The second-order valence-electron chi connectivity index (χ2n) is 6.56. The molecular formula is C24H23FN2O3. The van der Waals surface area contributed by atoms with Gasteiger partial charge in [0.15, 0.2) is 11.6 Å². The Kier molecular flexibility index (Phi) is 7.16. The molecule has 0 aliphatic heterocycles. The van der Waals surface area contributed by atoms with Crippen LogP contribution in [0.4, 0.5) is 4.39 Å². The average Bonchev–Trinajstić information content (AvgIpc) is 2.78. The largest absolute Gasteiger partial charge is 0.497 e. The van der Waals surface area contributed by atoms with Crippen LogP contribution < -0.4 is 14.8 Å². The molecule has 2 aromatic carbocycles. The van der Waals surface area contributed by atoms with Gasteiger partial charge in [0, 0.05) is 12.3 Å². The van der Waals surface area contributed by atoms with Crippen LogP contribution in [0.5, 0.6) is 17.2 Å². The first kappa shape index (κ1) is 21.0. The first-order chi connectivity index (χ1) is 14.6. The highest BCUT2D eigenvalue weighted by Gasteiger charge is 2.11. The fraction of sp³-hybridized carbons (Fsp3) is 0.167. The summed E-state index contributed by atoms with van der Waals surface area (Å²) in [5.41, 5.74) is 1.54. The van der Waals surface area contributed by atoms with Crippen molar-refractivity contribution in [1.29, 1.82) is 0 Å². The molecule has 0 aliphatic rings. The van der Waals surface area contributed by atoms with Gasteiger partial charge in [-0.05, 0) is 60.0 Å². The van der Waals surface area contributed by atoms with Crippen molar-refractivity contribution in [2.24, 2.45) is 0 Å². The van der Waals surface area contributed by atoms with Crippen molar-refractivity contribution in [3.63, 3.8) is 0 Å². The zero-order chi connectivity index (χ0) is 21.3. The number of ether oxygens (including phenoxy) is 2. The Labute approximate surface area is 175 Å². The van der Waals surface area contributed by atoms with Gasteiger partial charge in [-0.25, -0.2) is 4.39 Å². The lowest BCUT2D eigenvalue weighted by Crippen LogP contribution is -2.26. The molecule has 5 nitrogen and oxygen atoms in total. The number of hydrogen-bond donors (Lipinski definition) is 1. The van der Waals surface area contributed by atoms with Crippen LogP contribution >= 0.6 is 0 Å². The molecule has 1 heterocycles. The summed E-state index contributed by atoms with van der Waals surface area (Å²) in [6.07, 6.45) is 6.81. The number of aromatic nitrogens is 1. The zero-order valence-corrected chi connectivity index (χ0v) is 16.8. The summed E-state index contributed by atoms with van der Waals surface area (Å²) in [6, 6.07) is 15.4. The second kappa shape index (κ2) is 10.2. The Morgan fingerprint density at radius 2 is 1.97 bits per heavy atom. The molecule has 6 heteroatoms. The molecule has 154 valence electrons. The van der Waals surface area contributed by atoms with E-state index in [1.807, 2.05) is 31.2 Å². The maximum absolute atomic E-state index is 14.3. The minimum atomic E-state index is -0.522. The van der Waals surface area contributed by atoms with E-state index in [-0.39, 0.29) is 17.7 Å². The maximum atomic E-state index is 14.3. The van der Waals surface area contributed by atoms with Crippen molar-refractivity contribution in [3.05, 3.63) is 90.0 Å². The van der Waals surface area contributed by atoms with Crippen LogP contribution in [0, 0.1) is 5.82 Å². The van der Waals surface area contributed by atoms with E-state index < -0.39 is 5.82 Å². The Morgan fingerprint density at radius 3 is 2.60 bits per heavy atom. The molecule has 3 aromatic rings. The summed E-state index contributed by atoms with van der Waals surface area (Å²) < 4.78 is 25.0. The van der Waals surface area contributed by atoms with E-state index in [2.05, 4.69) is 10.3 Å². The maximum Gasteiger partial charge on any atom is 0.244 e. The molecule has 30 heavy (non-hydrogen) atoms. The highest BCUT2D eigenvalue weighted by molar-refractivity contribution is 5.92. The molecule has 0 saturated heterocycles. The number of nitrogens with one attached hydrogen (secondary N) is 1. The zero-order valence-electron chi connectivity index (χ0n) is 16.8. The molecular weight excluding hydrogens is 383 g/mol. The predicted octanol–water partition coefficient (Wildman–Crippen LogP) is 5.30. The minimum Gasteiger partial charge on any atom is -0.497 e. The topological polar surface area (TPSA) is 60.5 Å². The lowest BCUT2D eigenvalue weighted by molar-refractivity contribution is -0.117. The second-order valence-corrected chi connectivity index (χ2v) is 6.56. The molecule has 1 unspecified atom stereocenters. The van der Waals surface area contributed by atoms with Gasteiger partial charge < -0.3 is 14.8 Å². The fourth-order valence-electron chi connectivity index (χ4n) is 2.89. The van der Waals surface area contributed by atoms with E-state index in [1.54, 1.807) is 37.6 Å². The number of halogens is 1. The van der Waals surface area contributed by atoms with Crippen LogP contribution in [0.15, 0.2) is 73.1 Å². The van der Waals surface area contributed by atoms with Gasteiger partial charge in [-0.15, -0.1) is 0 Å². The standard InChI is InChI=1S/C24H23FN2O3/c1-3-22(18-8-10-19(29-2)11-9-18)27-24(28)13-7-17-6-12-23(21(25)15-17)30-20-5-4-14-26-16-20/h4-16,22H,3H2,1-2H3,(H,27,28)/b13-7+. The van der Waals surface area contributed by atoms with Crippen LogP contribution in [0.2, 0.25) is 0 Å². The summed E-state index contributed by atoms with van der Waals surface area (Å²) >= 11 is 0. The number of pyridine rings is 1. The Morgan fingerprint density at radius 1 is 1.17 bits per heavy atom. The smallest absolute Gasteiger partial charge is 0.244 e. The molecule has 1 atom stereocenters. The number of rotatable bonds is 8. The summed E-state index contributed by atoms with van der Waals surface area (Å²) in [5.74, 6) is 0.524. The highest BCUT2D eigenvalue weighted by Crippen LogP contribution is 2.25. The lowest BCUT2D eigenvalue weighted by atomic mass is 10.0. The molecule has 1 amide bonds. The van der Waals surface area contributed by atoms with Crippen molar-refractivity contribution >= 4 is 12.0 Å². The van der Waals surface area contributed by atoms with E-state index in [4.69, 9.17) is 9.47 Å². The highest BCUT2D eigenvalue weighted by atomic mass is 19.1. The Bertz CT molecular complexity index is 1000. The van der Waals surface area contributed by atoms with Crippen LogP contribution in [-0.2, 0) is 4.79 Å². The van der Waals surface area contributed by atoms with Crippen molar-refractivity contribution in [3.8, 4) is 17.2 Å². The molecule has 0 saturated carbocycles. The average molecular weight is 406 g/mol. The third-order valence-corrected chi connectivity index (χ3v) is 4.49. The number of carbonyl (C=O) groups excluding carboxylic acids is 1. The van der Waals surface area contributed by atoms with Crippen molar-refractivity contribution in [2.45, 2.75) is 19.4 Å². The SMILES string of the molecule is CCC(NC(=O)/C=C/c1ccc(Oc2cccnc2)c(F)c1)c1ccc(OC)cc1. The summed E-state index contributed by atoms with van der Waals surface area (Å²) in [4.78, 5) is 16.3. The molecule has 0 aliphatic carbocycles. The predicted molar refractivity (Wildman–Crippen MR) is 114 cm³/mol. The molecule has 1 N–H and O–H groups in total. The molecule has 0 spiro atoms. The quantitative estimate of drug-likeness (QED) is 0.516. The van der Waals surface area contributed by atoms with Gasteiger partial charge in [0.25, 0.3) is 0 Å². The van der Waals surface area contributed by atoms with Crippen molar-refractivity contribution < 1.29 is 18.7 Å². The number of carbonyl (C=O) groups is 1. The number of methoxy groups -OCH3 is 1. The van der Waals surface area contributed by atoms with Crippen LogP contribution in [0.3, 0.4) is 0 Å². The van der Waals surface area contributed by atoms with E-state index in [9.17, 15) is 9.18 Å². The summed E-state index contributed by atoms with van der Waals surface area (Å²) in [6.45, 7) is 2.00. The third kappa shape index (κ3) is 5.67. The monoisotopic (exact) mass is 406 g/mol. The van der Waals surface area contributed by atoms with Gasteiger partial charge in [-0.2, -0.15) is 0 Å². The number of hydrogen-bond acceptors (Lipinski definition) is 4. The number of amides is 1. The first-order valence-corrected chi connectivity index (χ1v) is 9.59. The van der Waals surface area contributed by atoms with Gasteiger partial charge in [-0.3, -0.25) is 9.78 Å². The minimum absolute atomic E-state index is 0.0927. The van der Waals surface area contributed by atoms with Gasteiger partial charge in [0.05, 0.1) is 19.3 Å². The molecule has 3 rings (SSSR count). The van der Waals surface area contributed by atoms with Crippen LogP contribution in [-0.4, -0.2) is 18.0 Å². The van der Waals surface area contributed by atoms with Crippen molar-refractivity contribution in [1.82, 2.24) is 10.3 Å². The number of nitrogens with zero attached hydrogens (tertiary/aromatic N) is 1. The van der Waals surface area contributed by atoms with E-state index in [1.165, 1.54) is 24.4 Å². The lowest BCUT2D eigenvalue weighted by Gasteiger charge is -2.16. The molecule has 0 bridgehead atoms. The van der Waals surface area contributed by atoms with Gasteiger partial charge in [0.2, 0.25) is 5.91 Å². The summed E-state index contributed by atoms with van der Waals surface area (Å²) in [5, 5.41) is 2.96. The first-order valence-electron chi connectivity index (χ1n) is 9.59. The summed E-state index contributed by atoms with van der Waals surface area (Å²) in [7, 11) is 1.61. The Hall–Kier alpha value is -3.67.